The number of hydrogen-bond acceptors (Lipinski definition) is 4. The summed E-state index contributed by atoms with van der Waals surface area (Å²) in [6, 6.07) is 7.16. The molecule has 23 heavy (non-hydrogen) atoms. The molecule has 0 aromatic heterocycles. The molecule has 2 aliphatic rings. The third-order valence-corrected chi connectivity index (χ3v) is 6.15. The van der Waals surface area contributed by atoms with Crippen molar-refractivity contribution >= 4 is 27.5 Å². The molecule has 1 saturated heterocycles. The molecule has 3 rings (SSSR count). The first-order valence-corrected chi connectivity index (χ1v) is 9.12. The highest BCUT2D eigenvalue weighted by Gasteiger charge is 2.37. The minimum absolute atomic E-state index is 0.0217. The molecule has 1 N–H and O–H groups in total. The fourth-order valence-electron chi connectivity index (χ4n) is 2.96. The molecule has 0 bridgehead atoms. The second kappa shape index (κ2) is 6.37. The zero-order valence-electron chi connectivity index (χ0n) is 13.1. The van der Waals surface area contributed by atoms with Crippen LogP contribution >= 0.6 is 0 Å². The zero-order chi connectivity index (χ0) is 16.4. The standard InChI is InChI=1S/C15H21N3O4S/c1-17-13-4-2-3-5-14(13)18(23(17,20)21)9-8-16-15(19)12-6-10-22-11-7-12/h2-5,12H,6-11H2,1H3,(H,16,19). The summed E-state index contributed by atoms with van der Waals surface area (Å²) >= 11 is 0. The number of nitrogens with zero attached hydrogens (tertiary/aromatic N) is 2. The van der Waals surface area contributed by atoms with Gasteiger partial charge >= 0.3 is 10.2 Å². The first kappa shape index (κ1) is 16.1. The molecule has 2 heterocycles. The van der Waals surface area contributed by atoms with E-state index in [9.17, 15) is 13.2 Å². The number of rotatable bonds is 4. The maximum absolute atomic E-state index is 12.4. The fraction of sp³-hybridized carbons (Fsp3) is 0.533. The van der Waals surface area contributed by atoms with Crippen molar-refractivity contribution in [1.82, 2.24) is 5.32 Å². The van der Waals surface area contributed by atoms with Crippen molar-refractivity contribution in [3.05, 3.63) is 24.3 Å². The molecule has 2 aliphatic heterocycles. The van der Waals surface area contributed by atoms with Gasteiger partial charge in [0.05, 0.1) is 17.9 Å². The van der Waals surface area contributed by atoms with Crippen LogP contribution in [0.15, 0.2) is 24.3 Å². The lowest BCUT2D eigenvalue weighted by Gasteiger charge is -2.23. The molecule has 126 valence electrons. The Labute approximate surface area is 136 Å². The maximum atomic E-state index is 12.4. The average molecular weight is 339 g/mol. The molecule has 0 radical (unpaired) electrons. The second-order valence-corrected chi connectivity index (χ2v) is 7.60. The van der Waals surface area contributed by atoms with E-state index in [1.54, 1.807) is 24.3 Å². The van der Waals surface area contributed by atoms with Crippen LogP contribution in [0.2, 0.25) is 0 Å². The van der Waals surface area contributed by atoms with Crippen LogP contribution < -0.4 is 13.9 Å². The van der Waals surface area contributed by atoms with E-state index >= 15 is 0 Å². The summed E-state index contributed by atoms with van der Waals surface area (Å²) in [7, 11) is -2.02. The molecular weight excluding hydrogens is 318 g/mol. The van der Waals surface area contributed by atoms with E-state index in [1.165, 1.54) is 15.7 Å². The normalized spacial score (nSPS) is 20.4. The molecule has 1 aromatic rings. The van der Waals surface area contributed by atoms with Crippen LogP contribution in [0.25, 0.3) is 0 Å². The van der Waals surface area contributed by atoms with Gasteiger partial charge in [0, 0.05) is 32.7 Å². The highest BCUT2D eigenvalue weighted by molar-refractivity contribution is 7.94. The molecule has 0 atom stereocenters. The quantitative estimate of drug-likeness (QED) is 0.877. The summed E-state index contributed by atoms with van der Waals surface area (Å²) in [6.45, 7) is 1.73. The molecule has 1 amide bonds. The Morgan fingerprint density at radius 1 is 1.26 bits per heavy atom. The van der Waals surface area contributed by atoms with E-state index in [1.807, 2.05) is 0 Å². The number of nitrogens with one attached hydrogen (secondary N) is 1. The maximum Gasteiger partial charge on any atom is 0.326 e. The lowest BCUT2D eigenvalue weighted by molar-refractivity contribution is -0.127. The molecule has 1 fully saturated rings. The van der Waals surface area contributed by atoms with Crippen molar-refractivity contribution in [2.45, 2.75) is 12.8 Å². The minimum atomic E-state index is -3.55. The van der Waals surface area contributed by atoms with Crippen molar-refractivity contribution in [2.75, 3.05) is 42.0 Å². The van der Waals surface area contributed by atoms with Gasteiger partial charge in [-0.2, -0.15) is 8.42 Å². The second-order valence-electron chi connectivity index (χ2n) is 5.71. The summed E-state index contributed by atoms with van der Waals surface area (Å²) in [5.41, 5.74) is 1.30. The number of fused-ring (bicyclic) bond motifs is 1. The van der Waals surface area contributed by atoms with Crippen LogP contribution in [0.4, 0.5) is 11.4 Å². The number of hydrogen-bond donors (Lipinski definition) is 1. The first-order chi connectivity index (χ1) is 11.0. The van der Waals surface area contributed by atoms with Crippen molar-refractivity contribution < 1.29 is 17.9 Å². The van der Waals surface area contributed by atoms with Crippen molar-refractivity contribution in [3.63, 3.8) is 0 Å². The SMILES string of the molecule is CN1c2ccccc2N(CCNC(=O)C2CCOCC2)S1(=O)=O. The summed E-state index contributed by atoms with van der Waals surface area (Å²) in [6.07, 6.45) is 1.44. The molecule has 0 saturated carbocycles. The number of anilines is 2. The van der Waals surface area contributed by atoms with E-state index in [-0.39, 0.29) is 24.9 Å². The molecule has 7 nitrogen and oxygen atoms in total. The number of carbonyl (C=O) groups is 1. The van der Waals surface area contributed by atoms with Gasteiger partial charge in [-0.1, -0.05) is 12.1 Å². The van der Waals surface area contributed by atoms with Gasteiger partial charge in [0.25, 0.3) is 0 Å². The summed E-state index contributed by atoms with van der Waals surface area (Å²) < 4.78 is 32.7. The number of para-hydroxylation sites is 2. The molecule has 0 unspecified atom stereocenters. The van der Waals surface area contributed by atoms with E-state index in [0.29, 0.717) is 24.6 Å². The molecule has 0 spiro atoms. The van der Waals surface area contributed by atoms with Gasteiger partial charge in [-0.3, -0.25) is 9.10 Å². The highest BCUT2D eigenvalue weighted by atomic mass is 32.2. The average Bonchev–Trinajstić information content (AvgIpc) is 2.76. The summed E-state index contributed by atoms with van der Waals surface area (Å²) in [5.74, 6) is -0.0552. The van der Waals surface area contributed by atoms with Crippen molar-refractivity contribution in [1.29, 1.82) is 0 Å². The van der Waals surface area contributed by atoms with E-state index in [2.05, 4.69) is 5.32 Å². The predicted octanol–water partition coefficient (Wildman–Crippen LogP) is 0.730. The van der Waals surface area contributed by atoms with Gasteiger partial charge in [0.2, 0.25) is 5.91 Å². The van der Waals surface area contributed by atoms with E-state index in [4.69, 9.17) is 4.74 Å². The van der Waals surface area contributed by atoms with Crippen molar-refractivity contribution in [2.24, 2.45) is 5.92 Å². The molecule has 1 aromatic carbocycles. The molecule has 8 heteroatoms. The Hall–Kier alpha value is -1.80. The topological polar surface area (TPSA) is 79.0 Å². The van der Waals surface area contributed by atoms with Gasteiger partial charge in [-0.25, -0.2) is 4.31 Å². The van der Waals surface area contributed by atoms with Crippen LogP contribution in [0.5, 0.6) is 0 Å². The third-order valence-electron chi connectivity index (χ3n) is 4.32. The zero-order valence-corrected chi connectivity index (χ0v) is 13.9. The predicted molar refractivity (Wildman–Crippen MR) is 87.7 cm³/mol. The van der Waals surface area contributed by atoms with Gasteiger partial charge in [-0.05, 0) is 25.0 Å². The Morgan fingerprint density at radius 2 is 1.91 bits per heavy atom. The van der Waals surface area contributed by atoms with Crippen LogP contribution in [0.3, 0.4) is 0 Å². The monoisotopic (exact) mass is 339 g/mol. The summed E-state index contributed by atoms with van der Waals surface area (Å²) in [5, 5.41) is 2.84. The van der Waals surface area contributed by atoms with E-state index < -0.39 is 10.2 Å². The smallest absolute Gasteiger partial charge is 0.326 e. The largest absolute Gasteiger partial charge is 0.381 e. The van der Waals surface area contributed by atoms with E-state index in [0.717, 1.165) is 12.8 Å². The van der Waals surface area contributed by atoms with Crippen molar-refractivity contribution in [3.8, 4) is 0 Å². The van der Waals surface area contributed by atoms with Crippen LogP contribution in [0, 0.1) is 5.92 Å². The lowest BCUT2D eigenvalue weighted by Crippen LogP contribution is -2.42. The third kappa shape index (κ3) is 3.00. The Bertz CT molecular complexity index is 686. The molecular formula is C15H21N3O4S. The number of amides is 1. The van der Waals surface area contributed by atoms with Gasteiger partial charge in [-0.15, -0.1) is 0 Å². The molecule has 0 aliphatic carbocycles. The van der Waals surface area contributed by atoms with Gasteiger partial charge in [0.15, 0.2) is 0 Å². The number of benzene rings is 1. The van der Waals surface area contributed by atoms with Gasteiger partial charge in [0.1, 0.15) is 0 Å². The van der Waals surface area contributed by atoms with Crippen LogP contribution in [0.1, 0.15) is 12.8 Å². The Morgan fingerprint density at radius 3 is 2.61 bits per heavy atom. The number of carbonyl (C=O) groups excluding carboxylic acids is 1. The first-order valence-electron chi connectivity index (χ1n) is 7.73. The van der Waals surface area contributed by atoms with Crippen LogP contribution in [-0.4, -0.2) is 47.7 Å². The summed E-state index contributed by atoms with van der Waals surface area (Å²) in [4.78, 5) is 12.1. The van der Waals surface area contributed by atoms with Crippen LogP contribution in [-0.2, 0) is 19.7 Å². The minimum Gasteiger partial charge on any atom is -0.381 e. The highest BCUT2D eigenvalue weighted by Crippen LogP contribution is 2.38. The fourth-order valence-corrected chi connectivity index (χ4v) is 4.38. The lowest BCUT2D eigenvalue weighted by atomic mass is 9.99. The Kier molecular flexibility index (Phi) is 4.45. The number of ether oxygens (including phenoxy) is 1. The van der Waals surface area contributed by atoms with Gasteiger partial charge < -0.3 is 10.1 Å². The Balaban J connectivity index is 1.63.